The molecule has 0 bridgehead atoms. The summed E-state index contributed by atoms with van der Waals surface area (Å²) in [5, 5.41) is 2.93. The van der Waals surface area contributed by atoms with Crippen LogP contribution in [0.25, 0.3) is 0 Å². The molecule has 2 aromatic carbocycles. The summed E-state index contributed by atoms with van der Waals surface area (Å²) in [4.78, 5) is 13.5. The lowest BCUT2D eigenvalue weighted by molar-refractivity contribution is -0.908. The van der Waals surface area contributed by atoms with Crippen molar-refractivity contribution >= 4 is 5.91 Å². The van der Waals surface area contributed by atoms with E-state index in [9.17, 15) is 13.6 Å². The summed E-state index contributed by atoms with van der Waals surface area (Å²) in [5.74, 6) is 1.55. The molecule has 1 atom stereocenters. The highest BCUT2D eigenvalue weighted by atomic mass is 19.3. The lowest BCUT2D eigenvalue weighted by Gasteiger charge is -2.26. The van der Waals surface area contributed by atoms with Crippen LogP contribution < -0.4 is 24.4 Å². The molecule has 2 N–H and O–H groups in total. The zero-order valence-corrected chi connectivity index (χ0v) is 17.2. The first kappa shape index (κ1) is 21.8. The lowest BCUT2D eigenvalue weighted by atomic mass is 9.99. The number of fused-ring (bicyclic) bond motifs is 1. The molecule has 162 valence electrons. The van der Waals surface area contributed by atoms with Gasteiger partial charge in [0, 0.05) is 18.5 Å². The predicted molar refractivity (Wildman–Crippen MR) is 107 cm³/mol. The molecule has 0 saturated heterocycles. The van der Waals surface area contributed by atoms with Crippen LogP contribution in [0.4, 0.5) is 8.78 Å². The summed E-state index contributed by atoms with van der Waals surface area (Å²) in [6, 6.07) is 10.5. The van der Waals surface area contributed by atoms with Crippen LogP contribution in [0.1, 0.15) is 16.7 Å². The molecule has 1 amide bonds. The van der Waals surface area contributed by atoms with E-state index >= 15 is 0 Å². The number of methoxy groups -OCH3 is 2. The van der Waals surface area contributed by atoms with Crippen molar-refractivity contribution in [1.29, 1.82) is 0 Å². The number of quaternary nitrogens is 1. The fraction of sp³-hybridized carbons (Fsp3) is 0.409. The zero-order chi connectivity index (χ0) is 21.5. The second-order valence-corrected chi connectivity index (χ2v) is 7.20. The molecule has 0 fully saturated rings. The van der Waals surface area contributed by atoms with Gasteiger partial charge in [-0.1, -0.05) is 12.1 Å². The van der Waals surface area contributed by atoms with Crippen LogP contribution in [-0.2, 0) is 24.2 Å². The molecule has 0 aliphatic carbocycles. The molecule has 1 aliphatic rings. The Hall–Kier alpha value is -2.87. The van der Waals surface area contributed by atoms with Crippen molar-refractivity contribution in [3.05, 3.63) is 53.1 Å². The van der Waals surface area contributed by atoms with Gasteiger partial charge in [0.15, 0.2) is 18.0 Å². The quantitative estimate of drug-likeness (QED) is 0.646. The van der Waals surface area contributed by atoms with Crippen molar-refractivity contribution in [2.45, 2.75) is 26.0 Å². The van der Waals surface area contributed by atoms with Gasteiger partial charge < -0.3 is 24.4 Å². The van der Waals surface area contributed by atoms with E-state index in [1.54, 1.807) is 26.4 Å². The normalized spacial score (nSPS) is 15.4. The molecule has 1 heterocycles. The van der Waals surface area contributed by atoms with E-state index < -0.39 is 6.61 Å². The van der Waals surface area contributed by atoms with Gasteiger partial charge in [0.05, 0.1) is 20.8 Å². The summed E-state index contributed by atoms with van der Waals surface area (Å²) in [7, 11) is 3.24. The molecule has 1 unspecified atom stereocenters. The Bertz CT molecular complexity index is 859. The number of ether oxygens (including phenoxy) is 3. The van der Waals surface area contributed by atoms with Crippen LogP contribution in [-0.4, -0.2) is 46.4 Å². The number of hydrogen-bond acceptors (Lipinski definition) is 4. The molecule has 3 rings (SSSR count). The minimum atomic E-state index is -2.83. The monoisotopic (exact) mass is 421 g/mol. The molecule has 1 aliphatic heterocycles. The maximum Gasteiger partial charge on any atom is 0.387 e. The van der Waals surface area contributed by atoms with Gasteiger partial charge in [-0.3, -0.25) is 4.79 Å². The van der Waals surface area contributed by atoms with Crippen LogP contribution in [0, 0.1) is 0 Å². The number of carbonyl (C=O) groups excluding carboxylic acids is 1. The topological polar surface area (TPSA) is 61.2 Å². The molecular formula is C22H27F2N2O4+. The average molecular weight is 421 g/mol. The Labute approximate surface area is 174 Å². The minimum absolute atomic E-state index is 0.00780. The Balaban J connectivity index is 1.45. The number of rotatable bonds is 9. The van der Waals surface area contributed by atoms with E-state index in [1.807, 2.05) is 12.1 Å². The lowest BCUT2D eigenvalue weighted by Crippen LogP contribution is -3.12. The van der Waals surface area contributed by atoms with Crippen molar-refractivity contribution in [1.82, 2.24) is 5.32 Å². The van der Waals surface area contributed by atoms with Gasteiger partial charge in [0.25, 0.3) is 5.91 Å². The maximum atomic E-state index is 12.3. The molecule has 8 heteroatoms. The van der Waals surface area contributed by atoms with Gasteiger partial charge in [-0.15, -0.1) is 0 Å². The first-order valence-electron chi connectivity index (χ1n) is 9.86. The first-order chi connectivity index (χ1) is 14.5. The molecule has 0 spiro atoms. The Morgan fingerprint density at radius 2 is 1.77 bits per heavy atom. The highest BCUT2D eigenvalue weighted by molar-refractivity contribution is 5.76. The van der Waals surface area contributed by atoms with Crippen LogP contribution in [0.15, 0.2) is 36.4 Å². The number of nitrogens with one attached hydrogen (secondary N) is 2. The largest absolute Gasteiger partial charge is 0.493 e. The molecule has 2 aromatic rings. The van der Waals surface area contributed by atoms with Crippen molar-refractivity contribution in [3.8, 4) is 17.2 Å². The fourth-order valence-electron chi connectivity index (χ4n) is 3.65. The van der Waals surface area contributed by atoms with Gasteiger partial charge in [-0.25, -0.2) is 0 Å². The standard InChI is InChI=1S/C22H26F2N2O4/c1-28-19-11-16-8-10-26(13-17(16)12-20(19)29-2)14-21(27)25-9-7-15-3-5-18(6-4-15)30-22(23)24/h3-6,11-12,22H,7-10,13-14H2,1-2H3,(H,25,27)/p+1. The summed E-state index contributed by atoms with van der Waals surface area (Å²) >= 11 is 0. The van der Waals surface area contributed by atoms with Crippen molar-refractivity contribution in [2.75, 3.05) is 33.9 Å². The molecule has 30 heavy (non-hydrogen) atoms. The smallest absolute Gasteiger partial charge is 0.387 e. The number of benzene rings is 2. The second-order valence-electron chi connectivity index (χ2n) is 7.20. The van der Waals surface area contributed by atoms with Crippen LogP contribution in [0.5, 0.6) is 17.2 Å². The third-order valence-electron chi connectivity index (χ3n) is 5.19. The van der Waals surface area contributed by atoms with E-state index in [2.05, 4.69) is 10.1 Å². The third-order valence-corrected chi connectivity index (χ3v) is 5.19. The average Bonchev–Trinajstić information content (AvgIpc) is 2.73. The number of amides is 1. The number of carbonyl (C=O) groups is 1. The van der Waals surface area contributed by atoms with Gasteiger partial charge in [0.2, 0.25) is 0 Å². The number of hydrogen-bond donors (Lipinski definition) is 2. The third kappa shape index (κ3) is 5.82. The Morgan fingerprint density at radius 3 is 2.40 bits per heavy atom. The molecule has 0 saturated carbocycles. The van der Waals surface area contributed by atoms with Crippen molar-refractivity contribution < 1.29 is 32.7 Å². The summed E-state index contributed by atoms with van der Waals surface area (Å²) in [5.41, 5.74) is 3.35. The van der Waals surface area contributed by atoms with Gasteiger partial charge >= 0.3 is 6.61 Å². The SMILES string of the molecule is COc1cc2c(cc1OC)C[NH+](CC(=O)NCCc1ccc(OC(F)F)cc1)CC2. The first-order valence-corrected chi connectivity index (χ1v) is 9.86. The number of alkyl halides is 2. The van der Waals surface area contributed by atoms with E-state index in [0.29, 0.717) is 25.3 Å². The molecule has 0 aromatic heterocycles. The van der Waals surface area contributed by atoms with E-state index in [0.717, 1.165) is 30.8 Å². The highest BCUT2D eigenvalue weighted by Crippen LogP contribution is 2.31. The Kier molecular flexibility index (Phi) is 7.46. The van der Waals surface area contributed by atoms with E-state index in [1.165, 1.54) is 28.2 Å². The molecule has 0 radical (unpaired) electrons. The van der Waals surface area contributed by atoms with E-state index in [-0.39, 0.29) is 11.7 Å². The minimum Gasteiger partial charge on any atom is -0.493 e. The summed E-state index contributed by atoms with van der Waals surface area (Å²) in [6.45, 7) is -0.309. The maximum absolute atomic E-state index is 12.3. The molecular weight excluding hydrogens is 394 g/mol. The number of halogens is 2. The van der Waals surface area contributed by atoms with Gasteiger partial charge in [-0.2, -0.15) is 8.78 Å². The fourth-order valence-corrected chi connectivity index (χ4v) is 3.65. The zero-order valence-electron chi connectivity index (χ0n) is 17.2. The van der Waals surface area contributed by atoms with Gasteiger partial charge in [-0.05, 0) is 41.8 Å². The Morgan fingerprint density at radius 1 is 1.10 bits per heavy atom. The van der Waals surface area contributed by atoms with Crippen molar-refractivity contribution in [3.63, 3.8) is 0 Å². The van der Waals surface area contributed by atoms with Crippen LogP contribution in [0.3, 0.4) is 0 Å². The predicted octanol–water partition coefficient (Wildman–Crippen LogP) is 1.61. The summed E-state index contributed by atoms with van der Waals surface area (Å²) in [6.07, 6.45) is 1.50. The molecule has 6 nitrogen and oxygen atoms in total. The second kappa shape index (κ2) is 10.2. The van der Waals surface area contributed by atoms with Gasteiger partial charge in [0.1, 0.15) is 12.3 Å². The van der Waals surface area contributed by atoms with Crippen LogP contribution >= 0.6 is 0 Å². The van der Waals surface area contributed by atoms with Crippen LogP contribution in [0.2, 0.25) is 0 Å². The van der Waals surface area contributed by atoms with Crippen molar-refractivity contribution in [2.24, 2.45) is 0 Å². The summed E-state index contributed by atoms with van der Waals surface area (Å²) < 4.78 is 39.4. The highest BCUT2D eigenvalue weighted by Gasteiger charge is 2.23. The van der Waals surface area contributed by atoms with E-state index in [4.69, 9.17) is 9.47 Å².